The zero-order valence-electron chi connectivity index (χ0n) is 20.2. The second-order valence-electron chi connectivity index (χ2n) is 7.81. The maximum Gasteiger partial charge on any atom is 0.405 e. The molecule has 2 N–H and O–H groups in total. The average molecular weight is 670 g/mol. The standard InChI is InChI=1S/C17H11BrCl2F4.C7H11F3N2O3/c1-9-2-3-10(6-13(9)18)4-5-12(17(22,23)24)11-7-14(19)16(21)15(20)8-11;1-15-2-5(12-4-13)6(14)11-3-7(8,9)10/h2-8,12H,1H3;4-5H,2-3H2,1H3,(H,11,14)(H,12,13)/b5-4+;. The Hall–Kier alpha value is -2.35. The van der Waals surface area contributed by atoms with E-state index >= 15 is 0 Å². The molecule has 39 heavy (non-hydrogen) atoms. The molecule has 2 amide bonds. The maximum absolute atomic E-state index is 13.4. The fourth-order valence-corrected chi connectivity index (χ4v) is 3.74. The number of alkyl halides is 6. The Balaban J connectivity index is 0.000000439. The van der Waals surface area contributed by atoms with E-state index in [9.17, 15) is 40.3 Å². The van der Waals surface area contributed by atoms with Gasteiger partial charge in [-0.05, 0) is 41.8 Å². The highest BCUT2D eigenvalue weighted by atomic mass is 79.9. The molecule has 2 unspecified atom stereocenters. The topological polar surface area (TPSA) is 67.4 Å². The van der Waals surface area contributed by atoms with E-state index in [2.05, 4.69) is 20.7 Å². The summed E-state index contributed by atoms with van der Waals surface area (Å²) in [4.78, 5) is 21.1. The van der Waals surface area contributed by atoms with E-state index in [0.717, 1.165) is 28.2 Å². The van der Waals surface area contributed by atoms with Crippen LogP contribution >= 0.6 is 39.1 Å². The zero-order chi connectivity index (χ0) is 30.0. The molecule has 0 fully saturated rings. The van der Waals surface area contributed by atoms with Crippen LogP contribution in [0.25, 0.3) is 6.08 Å². The molecular formula is C24H22BrCl2F7N2O3. The Morgan fingerprint density at radius 1 is 1.10 bits per heavy atom. The lowest BCUT2D eigenvalue weighted by Crippen LogP contribution is -2.48. The molecule has 0 bridgehead atoms. The second-order valence-corrected chi connectivity index (χ2v) is 9.48. The number of nitrogens with one attached hydrogen (secondary N) is 2. The van der Waals surface area contributed by atoms with Crippen molar-refractivity contribution in [1.82, 2.24) is 10.6 Å². The summed E-state index contributed by atoms with van der Waals surface area (Å²) in [7, 11) is 1.26. The number of halogens is 10. The molecule has 2 rings (SSSR count). The molecule has 0 radical (unpaired) electrons. The van der Waals surface area contributed by atoms with E-state index < -0.39 is 52.6 Å². The largest absolute Gasteiger partial charge is 0.405 e. The molecule has 0 aliphatic rings. The zero-order valence-corrected chi connectivity index (χ0v) is 23.3. The first kappa shape index (κ1) is 34.7. The predicted octanol–water partition coefficient (Wildman–Crippen LogP) is 6.99. The molecule has 0 spiro atoms. The average Bonchev–Trinajstić information content (AvgIpc) is 2.82. The first-order valence-corrected chi connectivity index (χ1v) is 12.2. The van der Waals surface area contributed by atoms with Crippen LogP contribution in [0, 0.1) is 12.7 Å². The molecule has 15 heteroatoms. The second kappa shape index (κ2) is 15.4. The van der Waals surface area contributed by atoms with E-state index in [-0.39, 0.29) is 18.6 Å². The van der Waals surface area contributed by atoms with Gasteiger partial charge in [0.25, 0.3) is 0 Å². The van der Waals surface area contributed by atoms with Crippen LogP contribution < -0.4 is 10.6 Å². The third-order valence-corrected chi connectivity index (χ3v) is 6.18. The molecule has 0 saturated carbocycles. The molecule has 5 nitrogen and oxygen atoms in total. The van der Waals surface area contributed by atoms with Crippen LogP contribution in [-0.4, -0.2) is 51.0 Å². The van der Waals surface area contributed by atoms with Crippen molar-refractivity contribution in [3.8, 4) is 0 Å². The fraction of sp³-hybridized carbons (Fsp3) is 0.333. The predicted molar refractivity (Wildman–Crippen MR) is 137 cm³/mol. The summed E-state index contributed by atoms with van der Waals surface area (Å²) >= 11 is 14.6. The molecule has 2 aromatic rings. The van der Waals surface area contributed by atoms with Gasteiger partial charge in [-0.3, -0.25) is 9.59 Å². The number of allylic oxidation sites excluding steroid dienone is 1. The molecule has 0 aliphatic heterocycles. The van der Waals surface area contributed by atoms with Crippen molar-refractivity contribution in [2.45, 2.75) is 31.2 Å². The van der Waals surface area contributed by atoms with E-state index in [1.54, 1.807) is 23.5 Å². The van der Waals surface area contributed by atoms with E-state index in [0.29, 0.717) is 5.56 Å². The highest BCUT2D eigenvalue weighted by Gasteiger charge is 2.39. The summed E-state index contributed by atoms with van der Waals surface area (Å²) in [5.41, 5.74) is 1.35. The molecule has 0 saturated heterocycles. The van der Waals surface area contributed by atoms with Crippen LogP contribution in [0.3, 0.4) is 0 Å². The van der Waals surface area contributed by atoms with Crippen molar-refractivity contribution in [2.24, 2.45) is 0 Å². The van der Waals surface area contributed by atoms with Gasteiger partial charge in [-0.2, -0.15) is 26.3 Å². The lowest BCUT2D eigenvalue weighted by Gasteiger charge is -2.18. The van der Waals surface area contributed by atoms with Gasteiger partial charge in [0.1, 0.15) is 12.6 Å². The van der Waals surface area contributed by atoms with Crippen molar-refractivity contribution < 1.29 is 45.1 Å². The third kappa shape index (κ3) is 12.1. The summed E-state index contributed by atoms with van der Waals surface area (Å²) in [6.07, 6.45) is -6.47. The summed E-state index contributed by atoms with van der Waals surface area (Å²) < 4.78 is 94.0. The van der Waals surface area contributed by atoms with Crippen LogP contribution in [0.4, 0.5) is 30.7 Å². The van der Waals surface area contributed by atoms with Gasteiger partial charge in [-0.1, -0.05) is 63.4 Å². The van der Waals surface area contributed by atoms with Crippen molar-refractivity contribution in [2.75, 3.05) is 20.3 Å². The minimum atomic E-state index is -4.57. The van der Waals surface area contributed by atoms with Gasteiger partial charge in [0.2, 0.25) is 12.3 Å². The minimum Gasteiger partial charge on any atom is -0.382 e. The SMILES string of the molecule is COCC(NC=O)C(=O)NCC(F)(F)F.Cc1ccc(/C=C/C(c2cc(Cl)c(F)c(Cl)c2)C(F)(F)F)cc1Br. The van der Waals surface area contributed by atoms with Crippen molar-refractivity contribution >= 4 is 57.5 Å². The minimum absolute atomic E-state index is 0.192. The Kier molecular flexibility index (Phi) is 13.7. The molecular weight excluding hydrogens is 648 g/mol. The first-order valence-electron chi connectivity index (χ1n) is 10.7. The van der Waals surface area contributed by atoms with E-state index in [4.69, 9.17) is 23.2 Å². The normalized spacial score (nSPS) is 13.3. The van der Waals surface area contributed by atoms with Crippen LogP contribution in [0.2, 0.25) is 10.0 Å². The van der Waals surface area contributed by atoms with Crippen molar-refractivity contribution in [1.29, 1.82) is 0 Å². The highest BCUT2D eigenvalue weighted by molar-refractivity contribution is 9.10. The number of hydrogen-bond acceptors (Lipinski definition) is 3. The van der Waals surface area contributed by atoms with Gasteiger partial charge >= 0.3 is 12.4 Å². The van der Waals surface area contributed by atoms with Crippen molar-refractivity contribution in [3.05, 3.63) is 73.4 Å². The quantitative estimate of drug-likeness (QED) is 0.172. The fourth-order valence-electron chi connectivity index (χ4n) is 2.84. The summed E-state index contributed by atoms with van der Waals surface area (Å²) in [6, 6.07) is 5.97. The van der Waals surface area contributed by atoms with Gasteiger partial charge in [0.05, 0.1) is 22.6 Å². The Morgan fingerprint density at radius 2 is 1.69 bits per heavy atom. The molecule has 2 aromatic carbocycles. The Bertz CT molecular complexity index is 1140. The number of rotatable bonds is 9. The van der Waals surface area contributed by atoms with Crippen molar-refractivity contribution in [3.63, 3.8) is 0 Å². The number of amides is 2. The third-order valence-electron chi connectivity index (χ3n) is 4.78. The van der Waals surface area contributed by atoms with Gasteiger partial charge in [-0.25, -0.2) is 4.39 Å². The molecule has 0 aliphatic carbocycles. The van der Waals surface area contributed by atoms with Crippen LogP contribution in [0.1, 0.15) is 22.6 Å². The number of carbonyl (C=O) groups is 2. The summed E-state index contributed by atoms with van der Waals surface area (Å²) in [5.74, 6) is -3.83. The number of benzene rings is 2. The molecule has 216 valence electrons. The first-order chi connectivity index (χ1) is 18.0. The van der Waals surface area contributed by atoms with Gasteiger partial charge in [0.15, 0.2) is 5.82 Å². The Labute approximate surface area is 237 Å². The summed E-state index contributed by atoms with van der Waals surface area (Å²) in [5, 5.41) is 2.77. The number of ether oxygens (including phenoxy) is 1. The van der Waals surface area contributed by atoms with E-state index in [1.807, 2.05) is 12.2 Å². The van der Waals surface area contributed by atoms with Gasteiger partial charge in [-0.15, -0.1) is 0 Å². The maximum atomic E-state index is 13.4. The summed E-state index contributed by atoms with van der Waals surface area (Å²) in [6.45, 7) is 0.244. The van der Waals surface area contributed by atoms with Crippen LogP contribution in [0.5, 0.6) is 0 Å². The van der Waals surface area contributed by atoms with Gasteiger partial charge in [0, 0.05) is 11.6 Å². The number of hydrogen-bond donors (Lipinski definition) is 2. The molecule has 2 atom stereocenters. The molecule has 0 heterocycles. The Morgan fingerprint density at radius 3 is 2.15 bits per heavy atom. The van der Waals surface area contributed by atoms with Crippen LogP contribution in [-0.2, 0) is 14.3 Å². The number of carbonyl (C=O) groups excluding carboxylic acids is 2. The number of aryl methyl sites for hydroxylation is 1. The van der Waals surface area contributed by atoms with Crippen LogP contribution in [0.15, 0.2) is 40.9 Å². The smallest absolute Gasteiger partial charge is 0.382 e. The molecule has 0 aromatic heterocycles. The number of methoxy groups -OCH3 is 1. The lowest BCUT2D eigenvalue weighted by molar-refractivity contribution is -0.140. The monoisotopic (exact) mass is 668 g/mol. The highest BCUT2D eigenvalue weighted by Crippen LogP contribution is 2.39. The lowest BCUT2D eigenvalue weighted by atomic mass is 9.97. The van der Waals surface area contributed by atoms with E-state index in [1.165, 1.54) is 13.2 Å². The van der Waals surface area contributed by atoms with Gasteiger partial charge < -0.3 is 15.4 Å².